The maximum atomic E-state index is 12.1. The summed E-state index contributed by atoms with van der Waals surface area (Å²) < 4.78 is 5.08. The number of thiophene rings is 1. The Labute approximate surface area is 128 Å². The molecule has 1 amide bonds. The third kappa shape index (κ3) is 3.70. The molecule has 1 heterocycles. The monoisotopic (exact) mass is 303 g/mol. The molecule has 0 N–H and O–H groups in total. The fourth-order valence-electron chi connectivity index (χ4n) is 1.85. The lowest BCUT2D eigenvalue weighted by Gasteiger charge is -2.17. The van der Waals surface area contributed by atoms with Crippen LogP contribution >= 0.6 is 11.3 Å². The highest BCUT2D eigenvalue weighted by Crippen LogP contribution is 2.17. The maximum absolute atomic E-state index is 12.1. The predicted octanol–water partition coefficient (Wildman–Crippen LogP) is 3.18. The molecule has 1 aromatic carbocycles. The van der Waals surface area contributed by atoms with Gasteiger partial charge in [0.2, 0.25) is 0 Å². The van der Waals surface area contributed by atoms with Gasteiger partial charge in [-0.2, -0.15) is 0 Å². The van der Waals surface area contributed by atoms with Crippen LogP contribution in [0.5, 0.6) is 0 Å². The van der Waals surface area contributed by atoms with Crippen LogP contribution in [0.25, 0.3) is 0 Å². The summed E-state index contributed by atoms with van der Waals surface area (Å²) >= 11 is 1.32. The number of rotatable bonds is 4. The summed E-state index contributed by atoms with van der Waals surface area (Å²) in [5.74, 6) is -0.711. The van der Waals surface area contributed by atoms with E-state index in [2.05, 4.69) is 0 Å². The number of benzene rings is 1. The van der Waals surface area contributed by atoms with Crippen LogP contribution in [0.4, 0.5) is 5.69 Å². The summed E-state index contributed by atoms with van der Waals surface area (Å²) in [6, 6.07) is 9.44. The first-order chi connectivity index (χ1) is 9.99. The number of nitrogens with zero attached hydrogens (tertiary/aromatic N) is 1. The van der Waals surface area contributed by atoms with Crippen molar-refractivity contribution in [3.8, 4) is 0 Å². The van der Waals surface area contributed by atoms with Gasteiger partial charge in [-0.3, -0.25) is 4.79 Å². The van der Waals surface area contributed by atoms with Gasteiger partial charge in [0.15, 0.2) is 6.61 Å². The number of aryl methyl sites for hydroxylation is 2. The SMILES string of the molecule is Cc1cccc(N(C)C(=O)COC(=O)c2sccc2C)c1. The van der Waals surface area contributed by atoms with Gasteiger partial charge in [-0.15, -0.1) is 11.3 Å². The van der Waals surface area contributed by atoms with Crippen molar-refractivity contribution in [1.29, 1.82) is 0 Å². The fraction of sp³-hybridized carbons (Fsp3) is 0.250. The summed E-state index contributed by atoms with van der Waals surface area (Å²) in [5, 5.41) is 1.83. The van der Waals surface area contributed by atoms with E-state index >= 15 is 0 Å². The van der Waals surface area contributed by atoms with E-state index in [1.165, 1.54) is 16.2 Å². The predicted molar refractivity (Wildman–Crippen MR) is 83.9 cm³/mol. The van der Waals surface area contributed by atoms with Gasteiger partial charge in [0.25, 0.3) is 5.91 Å². The minimum absolute atomic E-state index is 0.261. The Morgan fingerprint density at radius 2 is 2.00 bits per heavy atom. The Balaban J connectivity index is 1.96. The number of ether oxygens (including phenoxy) is 1. The van der Waals surface area contributed by atoms with E-state index in [1.54, 1.807) is 7.05 Å². The molecule has 0 unspecified atom stereocenters. The van der Waals surface area contributed by atoms with Crippen molar-refractivity contribution in [2.24, 2.45) is 0 Å². The lowest BCUT2D eigenvalue weighted by atomic mass is 10.2. The van der Waals surface area contributed by atoms with Gasteiger partial charge >= 0.3 is 5.97 Å². The first kappa shape index (κ1) is 15.3. The van der Waals surface area contributed by atoms with Gasteiger partial charge in [-0.05, 0) is 48.6 Å². The third-order valence-electron chi connectivity index (χ3n) is 3.14. The molecule has 2 rings (SSSR count). The zero-order valence-electron chi connectivity index (χ0n) is 12.3. The van der Waals surface area contributed by atoms with Crippen LogP contribution in [0.1, 0.15) is 20.8 Å². The van der Waals surface area contributed by atoms with Gasteiger partial charge in [0.1, 0.15) is 4.88 Å². The molecular formula is C16H17NO3S. The number of likely N-dealkylation sites (N-methyl/N-ethyl adjacent to an activating group) is 1. The summed E-state index contributed by atoms with van der Waals surface area (Å²) in [6.07, 6.45) is 0. The number of esters is 1. The second-order valence-electron chi connectivity index (χ2n) is 4.80. The third-order valence-corrected chi connectivity index (χ3v) is 4.13. The maximum Gasteiger partial charge on any atom is 0.349 e. The molecule has 4 nitrogen and oxygen atoms in total. The van der Waals surface area contributed by atoms with Gasteiger partial charge in [0.05, 0.1) is 0 Å². The molecule has 0 radical (unpaired) electrons. The van der Waals surface area contributed by atoms with Crippen molar-refractivity contribution >= 4 is 28.9 Å². The highest BCUT2D eigenvalue weighted by atomic mass is 32.1. The summed E-state index contributed by atoms with van der Waals surface area (Å²) in [4.78, 5) is 26.0. The molecule has 0 bridgehead atoms. The van der Waals surface area contributed by atoms with Crippen LogP contribution in [0.2, 0.25) is 0 Å². The quantitative estimate of drug-likeness (QED) is 0.815. The van der Waals surface area contributed by atoms with Crippen molar-refractivity contribution in [3.05, 3.63) is 51.7 Å². The van der Waals surface area contributed by atoms with E-state index in [4.69, 9.17) is 4.74 Å². The Bertz CT molecular complexity index is 663. The van der Waals surface area contributed by atoms with Gasteiger partial charge in [-0.25, -0.2) is 4.79 Å². The second-order valence-corrected chi connectivity index (χ2v) is 5.72. The molecule has 110 valence electrons. The topological polar surface area (TPSA) is 46.6 Å². The van der Waals surface area contributed by atoms with Crippen molar-refractivity contribution < 1.29 is 14.3 Å². The first-order valence-electron chi connectivity index (χ1n) is 6.53. The number of carbonyl (C=O) groups excluding carboxylic acids is 2. The second kappa shape index (κ2) is 6.54. The largest absolute Gasteiger partial charge is 0.451 e. The molecule has 0 aliphatic rings. The molecule has 0 saturated heterocycles. The lowest BCUT2D eigenvalue weighted by Crippen LogP contribution is -2.31. The van der Waals surface area contributed by atoms with Crippen molar-refractivity contribution in [2.75, 3.05) is 18.6 Å². The highest BCUT2D eigenvalue weighted by Gasteiger charge is 2.16. The minimum Gasteiger partial charge on any atom is -0.451 e. The molecule has 0 saturated carbocycles. The van der Waals surface area contributed by atoms with Gasteiger partial charge in [-0.1, -0.05) is 12.1 Å². The molecule has 0 atom stereocenters. The average Bonchev–Trinajstić information content (AvgIpc) is 2.89. The molecule has 0 aliphatic heterocycles. The van der Waals surface area contributed by atoms with Crippen LogP contribution in [0.15, 0.2) is 35.7 Å². The van der Waals surface area contributed by atoms with E-state index in [1.807, 2.05) is 49.6 Å². The van der Waals surface area contributed by atoms with Crippen LogP contribution in [-0.4, -0.2) is 25.5 Å². The normalized spacial score (nSPS) is 10.2. The zero-order chi connectivity index (χ0) is 15.4. The molecule has 1 aromatic heterocycles. The number of anilines is 1. The molecule has 21 heavy (non-hydrogen) atoms. The van der Waals surface area contributed by atoms with Crippen LogP contribution in [0, 0.1) is 13.8 Å². The van der Waals surface area contributed by atoms with E-state index in [0.717, 1.165) is 16.8 Å². The smallest absolute Gasteiger partial charge is 0.349 e. The molecule has 0 fully saturated rings. The van der Waals surface area contributed by atoms with Crippen molar-refractivity contribution in [2.45, 2.75) is 13.8 Å². The lowest BCUT2D eigenvalue weighted by molar-refractivity contribution is -0.121. The van der Waals surface area contributed by atoms with E-state index in [-0.39, 0.29) is 12.5 Å². The molecule has 2 aromatic rings. The zero-order valence-corrected chi connectivity index (χ0v) is 13.1. The Morgan fingerprint density at radius 1 is 1.24 bits per heavy atom. The van der Waals surface area contributed by atoms with Crippen LogP contribution in [-0.2, 0) is 9.53 Å². The summed E-state index contributed by atoms with van der Waals surface area (Å²) in [5.41, 5.74) is 2.71. The molecule has 0 aliphatic carbocycles. The highest BCUT2D eigenvalue weighted by molar-refractivity contribution is 7.12. The van der Waals surface area contributed by atoms with E-state index in [0.29, 0.717) is 4.88 Å². The molecular weight excluding hydrogens is 286 g/mol. The summed E-state index contributed by atoms with van der Waals surface area (Å²) in [7, 11) is 1.67. The van der Waals surface area contributed by atoms with E-state index < -0.39 is 5.97 Å². The van der Waals surface area contributed by atoms with Crippen molar-refractivity contribution in [1.82, 2.24) is 0 Å². The number of hydrogen-bond donors (Lipinski definition) is 0. The summed E-state index contributed by atoms with van der Waals surface area (Å²) in [6.45, 7) is 3.54. The van der Waals surface area contributed by atoms with Crippen LogP contribution < -0.4 is 4.90 Å². The van der Waals surface area contributed by atoms with Crippen LogP contribution in [0.3, 0.4) is 0 Å². The number of hydrogen-bond acceptors (Lipinski definition) is 4. The fourth-order valence-corrected chi connectivity index (χ4v) is 2.67. The standard InChI is InChI=1S/C16H17NO3S/c1-11-5-4-6-13(9-11)17(3)14(18)10-20-16(19)15-12(2)7-8-21-15/h4-9H,10H2,1-3H3. The van der Waals surface area contributed by atoms with Crippen molar-refractivity contribution in [3.63, 3.8) is 0 Å². The minimum atomic E-state index is -0.450. The number of amides is 1. The Hall–Kier alpha value is -2.14. The van der Waals surface area contributed by atoms with E-state index in [9.17, 15) is 9.59 Å². The Morgan fingerprint density at radius 3 is 2.62 bits per heavy atom. The molecule has 0 spiro atoms. The molecule has 5 heteroatoms. The average molecular weight is 303 g/mol. The van der Waals surface area contributed by atoms with Gasteiger partial charge < -0.3 is 9.64 Å². The van der Waals surface area contributed by atoms with Gasteiger partial charge in [0, 0.05) is 12.7 Å². The Kier molecular flexibility index (Phi) is 4.75. The first-order valence-corrected chi connectivity index (χ1v) is 7.41. The number of carbonyl (C=O) groups is 2.